The molecule has 0 saturated heterocycles. The van der Waals surface area contributed by atoms with Crippen LogP contribution in [-0.2, 0) is 0 Å². The molecule has 1 aromatic rings. The lowest BCUT2D eigenvalue weighted by molar-refractivity contribution is 0.289. The van der Waals surface area contributed by atoms with Crippen molar-refractivity contribution in [2.75, 3.05) is 18.5 Å². The third kappa shape index (κ3) is 9.38. The van der Waals surface area contributed by atoms with Crippen LogP contribution in [0.2, 0.25) is 0 Å². The Morgan fingerprint density at radius 2 is 1.81 bits per heavy atom. The highest BCUT2D eigenvalue weighted by atomic mass is 16.5. The fourth-order valence-corrected chi connectivity index (χ4v) is 2.25. The highest BCUT2D eigenvalue weighted by Gasteiger charge is 1.98. The molecule has 2 heteroatoms. The Bertz CT molecular complexity index is 362. The summed E-state index contributed by atoms with van der Waals surface area (Å²) in [6, 6.07) is 8.33. The van der Waals surface area contributed by atoms with Gasteiger partial charge in [0, 0.05) is 18.3 Å². The molecule has 0 aliphatic carbocycles. The Morgan fingerprint density at radius 1 is 1.05 bits per heavy atom. The van der Waals surface area contributed by atoms with Crippen LogP contribution in [0.5, 0.6) is 5.75 Å². The highest BCUT2D eigenvalue weighted by Crippen LogP contribution is 2.18. The van der Waals surface area contributed by atoms with E-state index in [4.69, 9.17) is 4.74 Å². The predicted molar refractivity (Wildman–Crippen MR) is 93.3 cm³/mol. The van der Waals surface area contributed by atoms with Gasteiger partial charge in [0.15, 0.2) is 0 Å². The van der Waals surface area contributed by atoms with Gasteiger partial charge in [0.1, 0.15) is 5.75 Å². The molecule has 0 aliphatic heterocycles. The zero-order chi connectivity index (χ0) is 15.3. The van der Waals surface area contributed by atoms with E-state index in [2.05, 4.69) is 44.3 Å². The Morgan fingerprint density at radius 3 is 2.57 bits per heavy atom. The summed E-state index contributed by atoms with van der Waals surface area (Å²) >= 11 is 0. The predicted octanol–water partition coefficient (Wildman–Crippen LogP) is 5.88. The molecule has 21 heavy (non-hydrogen) atoms. The minimum absolute atomic E-state index is 0.694. The number of nitrogens with one attached hydrogen (secondary N) is 1. The molecule has 0 aliphatic rings. The van der Waals surface area contributed by atoms with Crippen LogP contribution in [-0.4, -0.2) is 13.2 Å². The van der Waals surface area contributed by atoms with Crippen LogP contribution in [0.1, 0.15) is 65.7 Å². The van der Waals surface area contributed by atoms with Crippen LogP contribution in [0.15, 0.2) is 24.3 Å². The van der Waals surface area contributed by atoms with Crippen molar-refractivity contribution in [2.24, 2.45) is 5.92 Å². The van der Waals surface area contributed by atoms with Crippen LogP contribution in [0.4, 0.5) is 5.69 Å². The monoisotopic (exact) mass is 291 g/mol. The van der Waals surface area contributed by atoms with Crippen molar-refractivity contribution >= 4 is 5.69 Å². The average Bonchev–Trinajstić information content (AvgIpc) is 2.46. The van der Waals surface area contributed by atoms with Gasteiger partial charge in [-0.1, -0.05) is 58.9 Å². The SMILES string of the molecule is CCCCCCCCNc1cccc(OCCC(C)C)c1. The van der Waals surface area contributed by atoms with E-state index in [9.17, 15) is 0 Å². The van der Waals surface area contributed by atoms with Crippen molar-refractivity contribution in [2.45, 2.75) is 65.7 Å². The highest BCUT2D eigenvalue weighted by molar-refractivity contribution is 5.48. The first-order valence-corrected chi connectivity index (χ1v) is 8.69. The lowest BCUT2D eigenvalue weighted by Crippen LogP contribution is -2.03. The lowest BCUT2D eigenvalue weighted by atomic mass is 10.1. The van der Waals surface area contributed by atoms with Crippen molar-refractivity contribution in [3.8, 4) is 5.75 Å². The first-order chi connectivity index (χ1) is 10.2. The van der Waals surface area contributed by atoms with Crippen LogP contribution < -0.4 is 10.1 Å². The zero-order valence-electron chi connectivity index (χ0n) is 14.2. The van der Waals surface area contributed by atoms with E-state index in [1.54, 1.807) is 0 Å². The number of ether oxygens (including phenoxy) is 1. The first-order valence-electron chi connectivity index (χ1n) is 8.69. The van der Waals surface area contributed by atoms with E-state index in [1.807, 2.05) is 6.07 Å². The third-order valence-electron chi connectivity index (χ3n) is 3.66. The van der Waals surface area contributed by atoms with Gasteiger partial charge < -0.3 is 10.1 Å². The number of benzene rings is 1. The molecule has 0 heterocycles. The first kappa shape index (κ1) is 17.9. The largest absolute Gasteiger partial charge is 0.494 e. The second-order valence-corrected chi connectivity index (χ2v) is 6.25. The van der Waals surface area contributed by atoms with E-state index in [-0.39, 0.29) is 0 Å². The summed E-state index contributed by atoms with van der Waals surface area (Å²) in [5.41, 5.74) is 1.17. The van der Waals surface area contributed by atoms with Gasteiger partial charge in [-0.25, -0.2) is 0 Å². The van der Waals surface area contributed by atoms with Gasteiger partial charge in [0.2, 0.25) is 0 Å². The summed E-state index contributed by atoms with van der Waals surface area (Å²) in [5.74, 6) is 1.67. The molecule has 120 valence electrons. The molecule has 0 atom stereocenters. The molecule has 0 spiro atoms. The summed E-state index contributed by atoms with van der Waals surface area (Å²) in [6.07, 6.45) is 9.14. The molecular formula is C19H33NO. The van der Waals surface area contributed by atoms with Crippen molar-refractivity contribution in [1.29, 1.82) is 0 Å². The van der Waals surface area contributed by atoms with Crippen molar-refractivity contribution in [1.82, 2.24) is 0 Å². The van der Waals surface area contributed by atoms with Crippen LogP contribution in [0.3, 0.4) is 0 Å². The van der Waals surface area contributed by atoms with Gasteiger partial charge in [-0.3, -0.25) is 0 Å². The minimum Gasteiger partial charge on any atom is -0.494 e. The molecule has 0 aromatic heterocycles. The van der Waals surface area contributed by atoms with Crippen LogP contribution in [0, 0.1) is 5.92 Å². The molecule has 2 nitrogen and oxygen atoms in total. The van der Waals surface area contributed by atoms with Gasteiger partial charge in [-0.05, 0) is 30.9 Å². The Balaban J connectivity index is 2.17. The summed E-state index contributed by atoms with van der Waals surface area (Å²) in [6.45, 7) is 8.57. The van der Waals surface area contributed by atoms with E-state index in [1.165, 1.54) is 44.2 Å². The third-order valence-corrected chi connectivity index (χ3v) is 3.66. The molecule has 0 amide bonds. The van der Waals surface area contributed by atoms with Crippen LogP contribution >= 0.6 is 0 Å². The standard InChI is InChI=1S/C19H33NO/c1-4-5-6-7-8-9-14-20-18-11-10-12-19(16-18)21-15-13-17(2)3/h10-12,16-17,20H,4-9,13-15H2,1-3H3. The number of unbranched alkanes of at least 4 members (excludes halogenated alkanes) is 5. The molecule has 1 rings (SSSR count). The molecule has 0 bridgehead atoms. The quantitative estimate of drug-likeness (QED) is 0.485. The number of hydrogen-bond donors (Lipinski definition) is 1. The summed E-state index contributed by atoms with van der Waals surface area (Å²) < 4.78 is 5.79. The molecule has 0 radical (unpaired) electrons. The molecule has 1 N–H and O–H groups in total. The van der Waals surface area contributed by atoms with Gasteiger partial charge in [0.05, 0.1) is 6.61 Å². The van der Waals surface area contributed by atoms with Gasteiger partial charge in [-0.15, -0.1) is 0 Å². The molecule has 0 saturated carbocycles. The summed E-state index contributed by atoms with van der Waals surface area (Å²) in [4.78, 5) is 0. The maximum atomic E-state index is 5.79. The molecule has 1 aromatic carbocycles. The molecule has 0 fully saturated rings. The van der Waals surface area contributed by atoms with E-state index >= 15 is 0 Å². The maximum Gasteiger partial charge on any atom is 0.121 e. The van der Waals surface area contributed by atoms with Crippen molar-refractivity contribution in [3.63, 3.8) is 0 Å². The lowest BCUT2D eigenvalue weighted by Gasteiger charge is -2.11. The van der Waals surface area contributed by atoms with Crippen molar-refractivity contribution in [3.05, 3.63) is 24.3 Å². The fraction of sp³-hybridized carbons (Fsp3) is 0.684. The fourth-order valence-electron chi connectivity index (χ4n) is 2.25. The topological polar surface area (TPSA) is 21.3 Å². The van der Waals surface area contributed by atoms with Crippen molar-refractivity contribution < 1.29 is 4.74 Å². The van der Waals surface area contributed by atoms with Gasteiger partial charge in [0.25, 0.3) is 0 Å². The number of rotatable bonds is 12. The second-order valence-electron chi connectivity index (χ2n) is 6.25. The minimum atomic E-state index is 0.694. The van der Waals surface area contributed by atoms with E-state index < -0.39 is 0 Å². The van der Waals surface area contributed by atoms with E-state index in [0.29, 0.717) is 5.92 Å². The summed E-state index contributed by atoms with van der Waals surface area (Å²) in [7, 11) is 0. The number of anilines is 1. The normalized spacial score (nSPS) is 10.9. The van der Waals surface area contributed by atoms with Crippen LogP contribution in [0.25, 0.3) is 0 Å². The van der Waals surface area contributed by atoms with Gasteiger partial charge >= 0.3 is 0 Å². The maximum absolute atomic E-state index is 5.79. The van der Waals surface area contributed by atoms with Gasteiger partial charge in [-0.2, -0.15) is 0 Å². The Hall–Kier alpha value is -1.18. The molecular weight excluding hydrogens is 258 g/mol. The zero-order valence-corrected chi connectivity index (χ0v) is 14.2. The second kappa shape index (κ2) is 11.5. The summed E-state index contributed by atoms with van der Waals surface area (Å²) in [5, 5.41) is 3.50. The van der Waals surface area contributed by atoms with E-state index in [0.717, 1.165) is 25.3 Å². The Kier molecular flexibility index (Phi) is 9.77. The molecule has 0 unspecified atom stereocenters. The smallest absolute Gasteiger partial charge is 0.121 e. The average molecular weight is 291 g/mol. The number of hydrogen-bond acceptors (Lipinski definition) is 2. The Labute approximate surface area is 131 Å².